The zero-order valence-corrected chi connectivity index (χ0v) is 16.7. The minimum absolute atomic E-state index is 0.00892. The lowest BCUT2D eigenvalue weighted by molar-refractivity contribution is 0.660. The second-order valence-electron chi connectivity index (χ2n) is 8.33. The number of benzene rings is 4. The lowest BCUT2D eigenvalue weighted by atomic mass is 9.80. The van der Waals surface area contributed by atoms with E-state index in [9.17, 15) is 0 Å². The molecule has 0 saturated heterocycles. The molecule has 1 aliphatic carbocycles. The first-order chi connectivity index (χ1) is 13.6. The quantitative estimate of drug-likeness (QED) is 0.344. The van der Waals surface area contributed by atoms with Crippen LogP contribution in [0.3, 0.4) is 0 Å². The summed E-state index contributed by atoms with van der Waals surface area (Å²) in [5.41, 5.74) is 12.2. The molecule has 0 nitrogen and oxygen atoms in total. The maximum absolute atomic E-state index is 2.40. The molecule has 0 saturated carbocycles. The van der Waals surface area contributed by atoms with Crippen LogP contribution < -0.4 is 0 Å². The Balaban J connectivity index is 1.70. The van der Waals surface area contributed by atoms with Crippen molar-refractivity contribution >= 4 is 0 Å². The lowest BCUT2D eigenvalue weighted by Crippen LogP contribution is -2.15. The average Bonchev–Trinajstić information content (AvgIpc) is 2.96. The molecule has 0 fully saturated rings. The van der Waals surface area contributed by atoms with Gasteiger partial charge in [0, 0.05) is 5.41 Å². The highest BCUT2D eigenvalue weighted by Crippen LogP contribution is 2.51. The van der Waals surface area contributed by atoms with E-state index in [0.29, 0.717) is 0 Å². The Bertz CT molecular complexity index is 1170. The summed E-state index contributed by atoms with van der Waals surface area (Å²) in [7, 11) is 0. The van der Waals surface area contributed by atoms with Crippen molar-refractivity contribution in [2.75, 3.05) is 0 Å². The van der Waals surface area contributed by atoms with Crippen LogP contribution in [-0.2, 0) is 5.41 Å². The van der Waals surface area contributed by atoms with Crippen LogP contribution in [0.25, 0.3) is 33.4 Å². The van der Waals surface area contributed by atoms with Gasteiger partial charge < -0.3 is 0 Å². The van der Waals surface area contributed by atoms with Crippen LogP contribution in [0.15, 0.2) is 91.0 Å². The minimum Gasteiger partial charge on any atom is -0.0622 e. The number of rotatable bonds is 2. The molecule has 0 N–H and O–H groups in total. The van der Waals surface area contributed by atoms with Gasteiger partial charge in [0.15, 0.2) is 0 Å². The molecule has 0 spiro atoms. The topological polar surface area (TPSA) is 0 Å². The van der Waals surface area contributed by atoms with Crippen molar-refractivity contribution in [1.29, 1.82) is 0 Å². The van der Waals surface area contributed by atoms with Crippen LogP contribution in [0, 0.1) is 6.92 Å². The fourth-order valence-electron chi connectivity index (χ4n) is 4.67. The molecule has 4 aromatic carbocycles. The van der Waals surface area contributed by atoms with Crippen molar-refractivity contribution in [3.05, 3.63) is 108 Å². The standard InChI is InChI=1S/C28H24/c1-19-16-23(21-12-8-5-9-13-21)18-26-27(19)24-15-14-22(17-25(24)28(26,2)3)20-10-6-4-7-11-20/h4-18H,1-3H3. The van der Waals surface area contributed by atoms with E-state index >= 15 is 0 Å². The molecule has 0 aromatic heterocycles. The zero-order valence-electron chi connectivity index (χ0n) is 16.7. The van der Waals surface area contributed by atoms with Gasteiger partial charge in [-0.3, -0.25) is 0 Å². The summed E-state index contributed by atoms with van der Waals surface area (Å²) in [4.78, 5) is 0. The van der Waals surface area contributed by atoms with Crippen molar-refractivity contribution in [2.24, 2.45) is 0 Å². The number of aryl methyl sites for hydroxylation is 1. The maximum atomic E-state index is 2.40. The van der Waals surface area contributed by atoms with E-state index in [4.69, 9.17) is 0 Å². The van der Waals surface area contributed by atoms with Crippen LogP contribution in [-0.4, -0.2) is 0 Å². The lowest BCUT2D eigenvalue weighted by Gasteiger charge is -2.23. The van der Waals surface area contributed by atoms with E-state index < -0.39 is 0 Å². The summed E-state index contributed by atoms with van der Waals surface area (Å²) in [6, 6.07) is 33.1. The summed E-state index contributed by atoms with van der Waals surface area (Å²) in [6.45, 7) is 6.98. The second kappa shape index (κ2) is 6.21. The third kappa shape index (κ3) is 2.52. The highest BCUT2D eigenvalue weighted by molar-refractivity contribution is 5.87. The predicted octanol–water partition coefficient (Wildman–Crippen LogP) is 7.64. The van der Waals surface area contributed by atoms with E-state index in [1.165, 1.54) is 50.1 Å². The minimum atomic E-state index is -0.00892. The molecule has 0 heteroatoms. The van der Waals surface area contributed by atoms with E-state index in [1.807, 2.05) is 0 Å². The van der Waals surface area contributed by atoms with Crippen molar-refractivity contribution in [2.45, 2.75) is 26.2 Å². The van der Waals surface area contributed by atoms with Gasteiger partial charge in [0.2, 0.25) is 0 Å². The Morgan fingerprint density at radius 1 is 0.536 bits per heavy atom. The SMILES string of the molecule is Cc1cc(-c2ccccc2)cc2c1-c1ccc(-c3ccccc3)cc1C2(C)C. The van der Waals surface area contributed by atoms with Crippen LogP contribution in [0.5, 0.6) is 0 Å². The fourth-order valence-corrected chi connectivity index (χ4v) is 4.67. The fraction of sp³-hybridized carbons (Fsp3) is 0.143. The zero-order chi connectivity index (χ0) is 19.3. The summed E-state index contributed by atoms with van der Waals surface area (Å²) < 4.78 is 0. The van der Waals surface area contributed by atoms with Gasteiger partial charge >= 0.3 is 0 Å². The Morgan fingerprint density at radius 3 is 1.75 bits per heavy atom. The molecule has 0 aliphatic heterocycles. The van der Waals surface area contributed by atoms with Crippen molar-refractivity contribution in [3.63, 3.8) is 0 Å². The molecular weight excluding hydrogens is 336 g/mol. The maximum Gasteiger partial charge on any atom is 0.0159 e. The first-order valence-corrected chi connectivity index (χ1v) is 9.96. The van der Waals surface area contributed by atoms with Gasteiger partial charge in [0.05, 0.1) is 0 Å². The van der Waals surface area contributed by atoms with Crippen LogP contribution in [0.1, 0.15) is 30.5 Å². The van der Waals surface area contributed by atoms with Gasteiger partial charge in [-0.2, -0.15) is 0 Å². The highest BCUT2D eigenvalue weighted by atomic mass is 14.4. The van der Waals surface area contributed by atoms with Crippen LogP contribution in [0.2, 0.25) is 0 Å². The Morgan fingerprint density at radius 2 is 1.11 bits per heavy atom. The van der Waals surface area contributed by atoms with E-state index in [1.54, 1.807) is 0 Å². The summed E-state index contributed by atoms with van der Waals surface area (Å²) >= 11 is 0. The van der Waals surface area contributed by atoms with Crippen LogP contribution in [0.4, 0.5) is 0 Å². The Kier molecular flexibility index (Phi) is 3.77. The van der Waals surface area contributed by atoms with Crippen molar-refractivity contribution < 1.29 is 0 Å². The number of hydrogen-bond acceptors (Lipinski definition) is 0. The first kappa shape index (κ1) is 17.0. The summed E-state index contributed by atoms with van der Waals surface area (Å²) in [5, 5.41) is 0. The molecule has 1 aliphatic rings. The van der Waals surface area contributed by atoms with Gasteiger partial charge in [0.1, 0.15) is 0 Å². The highest BCUT2D eigenvalue weighted by Gasteiger charge is 2.36. The normalized spacial score (nSPS) is 13.8. The third-order valence-corrected chi connectivity index (χ3v) is 6.19. The van der Waals surface area contributed by atoms with Crippen molar-refractivity contribution in [1.82, 2.24) is 0 Å². The molecule has 5 rings (SSSR count). The molecule has 0 atom stereocenters. The van der Waals surface area contributed by atoms with Gasteiger partial charge in [-0.25, -0.2) is 0 Å². The summed E-state index contributed by atoms with van der Waals surface area (Å²) in [5.74, 6) is 0. The van der Waals surface area contributed by atoms with Gasteiger partial charge in [-0.15, -0.1) is 0 Å². The van der Waals surface area contributed by atoms with E-state index in [-0.39, 0.29) is 5.41 Å². The Hall–Kier alpha value is -3.12. The molecule has 28 heavy (non-hydrogen) atoms. The van der Waals surface area contributed by atoms with Gasteiger partial charge in [0.25, 0.3) is 0 Å². The molecule has 136 valence electrons. The molecule has 4 aromatic rings. The first-order valence-electron chi connectivity index (χ1n) is 9.96. The molecule has 0 unspecified atom stereocenters. The van der Waals surface area contributed by atoms with Gasteiger partial charge in [-0.05, 0) is 69.1 Å². The van der Waals surface area contributed by atoms with E-state index in [0.717, 1.165) is 0 Å². The molecule has 0 radical (unpaired) electrons. The second-order valence-corrected chi connectivity index (χ2v) is 8.33. The third-order valence-electron chi connectivity index (χ3n) is 6.19. The molecule has 0 bridgehead atoms. The molecule has 0 heterocycles. The average molecular weight is 361 g/mol. The molecular formula is C28H24. The largest absolute Gasteiger partial charge is 0.0622 e. The van der Waals surface area contributed by atoms with Gasteiger partial charge in [-0.1, -0.05) is 92.7 Å². The van der Waals surface area contributed by atoms with Crippen molar-refractivity contribution in [3.8, 4) is 33.4 Å². The molecule has 0 amide bonds. The smallest absolute Gasteiger partial charge is 0.0159 e. The number of hydrogen-bond donors (Lipinski definition) is 0. The monoisotopic (exact) mass is 360 g/mol. The van der Waals surface area contributed by atoms with E-state index in [2.05, 4.69) is 112 Å². The predicted molar refractivity (Wildman–Crippen MR) is 120 cm³/mol. The van der Waals surface area contributed by atoms with Crippen LogP contribution >= 0.6 is 0 Å². The number of fused-ring (bicyclic) bond motifs is 3. The Labute approximate surface area is 167 Å². The summed E-state index contributed by atoms with van der Waals surface area (Å²) in [6.07, 6.45) is 0.